The molecule has 0 saturated heterocycles. The number of carbonyl (C=O) groups is 1. The second-order valence-electron chi connectivity index (χ2n) is 4.70. The molecule has 0 bridgehead atoms. The molecule has 0 saturated carbocycles. The first-order valence-electron chi connectivity index (χ1n) is 6.55. The molecule has 2 aromatic rings. The van der Waals surface area contributed by atoms with Crippen LogP contribution in [0.2, 0.25) is 5.15 Å². The first-order chi connectivity index (χ1) is 9.58. The van der Waals surface area contributed by atoms with Gasteiger partial charge in [-0.1, -0.05) is 25.4 Å². The molecule has 0 fully saturated rings. The van der Waals surface area contributed by atoms with Gasteiger partial charge in [-0.15, -0.1) is 0 Å². The zero-order chi connectivity index (χ0) is 14.7. The number of carbonyl (C=O) groups excluding carboxylic acids is 1. The van der Waals surface area contributed by atoms with E-state index in [-0.39, 0.29) is 5.92 Å². The Kier molecular flexibility index (Phi) is 4.45. The van der Waals surface area contributed by atoms with Gasteiger partial charge in [-0.25, -0.2) is 4.68 Å². The Morgan fingerprint density at radius 1 is 1.35 bits per heavy atom. The summed E-state index contributed by atoms with van der Waals surface area (Å²) in [4.78, 5) is 11.2. The highest BCUT2D eigenvalue weighted by Gasteiger charge is 2.19. The Balaban J connectivity index is 2.44. The van der Waals surface area contributed by atoms with Gasteiger partial charge in [0.2, 0.25) is 0 Å². The monoisotopic (exact) mass is 292 g/mol. The number of rotatable bonds is 5. The lowest BCUT2D eigenvalue weighted by molar-refractivity contribution is 0.112. The minimum atomic E-state index is 0.136. The summed E-state index contributed by atoms with van der Waals surface area (Å²) in [5.74, 6) is 0.927. The van der Waals surface area contributed by atoms with Gasteiger partial charge >= 0.3 is 0 Å². The molecule has 0 amide bonds. The van der Waals surface area contributed by atoms with Gasteiger partial charge < -0.3 is 4.74 Å². The average molecular weight is 293 g/mol. The van der Waals surface area contributed by atoms with Crippen LogP contribution in [0.5, 0.6) is 5.75 Å². The Morgan fingerprint density at radius 3 is 2.45 bits per heavy atom. The van der Waals surface area contributed by atoms with E-state index in [2.05, 4.69) is 5.10 Å². The largest absolute Gasteiger partial charge is 0.494 e. The standard InChI is InChI=1S/C15H17ClN2O2/c1-4-20-12-7-5-11(6-8-12)18-15(16)13(9-19)14(17-18)10(2)3/h5-10H,4H2,1-3H3. The molecule has 0 aliphatic rings. The van der Waals surface area contributed by atoms with E-state index in [1.165, 1.54) is 0 Å². The number of aromatic nitrogens is 2. The number of hydrogen-bond donors (Lipinski definition) is 0. The van der Waals surface area contributed by atoms with Crippen LogP contribution in [0.4, 0.5) is 0 Å². The van der Waals surface area contributed by atoms with E-state index in [0.717, 1.165) is 17.7 Å². The highest BCUT2D eigenvalue weighted by Crippen LogP contribution is 2.27. The Morgan fingerprint density at radius 2 is 2.00 bits per heavy atom. The molecule has 20 heavy (non-hydrogen) atoms. The quantitative estimate of drug-likeness (QED) is 0.786. The van der Waals surface area contributed by atoms with Gasteiger partial charge in [-0.3, -0.25) is 4.79 Å². The Hall–Kier alpha value is -1.81. The Labute approximate surface area is 123 Å². The van der Waals surface area contributed by atoms with Crippen LogP contribution < -0.4 is 4.74 Å². The summed E-state index contributed by atoms with van der Waals surface area (Å²) in [5.41, 5.74) is 1.96. The fourth-order valence-electron chi connectivity index (χ4n) is 1.98. The van der Waals surface area contributed by atoms with Crippen LogP contribution in [-0.4, -0.2) is 22.7 Å². The van der Waals surface area contributed by atoms with Crippen molar-refractivity contribution < 1.29 is 9.53 Å². The number of nitrogens with zero attached hydrogens (tertiary/aromatic N) is 2. The maximum atomic E-state index is 11.2. The molecule has 106 valence electrons. The fourth-order valence-corrected chi connectivity index (χ4v) is 2.26. The summed E-state index contributed by atoms with van der Waals surface area (Å²) in [5, 5.41) is 4.78. The minimum Gasteiger partial charge on any atom is -0.494 e. The van der Waals surface area contributed by atoms with Crippen molar-refractivity contribution in [1.29, 1.82) is 0 Å². The third-order valence-corrected chi connectivity index (χ3v) is 3.31. The summed E-state index contributed by atoms with van der Waals surface area (Å²) in [6.07, 6.45) is 0.760. The van der Waals surface area contributed by atoms with Crippen molar-refractivity contribution in [3.63, 3.8) is 0 Å². The van der Waals surface area contributed by atoms with Crippen LogP contribution in [0.25, 0.3) is 5.69 Å². The number of ether oxygens (including phenoxy) is 1. The molecule has 0 atom stereocenters. The zero-order valence-electron chi connectivity index (χ0n) is 11.8. The van der Waals surface area contributed by atoms with Crippen LogP contribution >= 0.6 is 11.6 Å². The molecule has 5 heteroatoms. The topological polar surface area (TPSA) is 44.1 Å². The molecule has 0 aliphatic heterocycles. The van der Waals surface area contributed by atoms with Crippen molar-refractivity contribution in [2.24, 2.45) is 0 Å². The van der Waals surface area contributed by atoms with E-state index in [1.807, 2.05) is 45.0 Å². The predicted molar refractivity (Wildman–Crippen MR) is 79.2 cm³/mol. The van der Waals surface area contributed by atoms with Crippen molar-refractivity contribution in [3.8, 4) is 11.4 Å². The first kappa shape index (κ1) is 14.6. The SMILES string of the molecule is CCOc1ccc(-n2nc(C(C)C)c(C=O)c2Cl)cc1. The summed E-state index contributed by atoms with van der Waals surface area (Å²) >= 11 is 6.25. The molecular formula is C15H17ClN2O2. The highest BCUT2D eigenvalue weighted by atomic mass is 35.5. The van der Waals surface area contributed by atoms with Crippen LogP contribution in [0.15, 0.2) is 24.3 Å². The normalized spacial score (nSPS) is 10.8. The van der Waals surface area contributed by atoms with E-state index >= 15 is 0 Å². The number of aldehydes is 1. The van der Waals surface area contributed by atoms with Gasteiger partial charge in [0.25, 0.3) is 0 Å². The lowest BCUT2D eigenvalue weighted by Gasteiger charge is -2.06. The molecular weight excluding hydrogens is 276 g/mol. The van der Waals surface area contributed by atoms with Crippen LogP contribution in [0.1, 0.15) is 42.7 Å². The second-order valence-corrected chi connectivity index (χ2v) is 5.06. The third-order valence-electron chi connectivity index (χ3n) is 2.95. The molecule has 2 rings (SSSR count). The second kappa shape index (κ2) is 6.09. The first-order valence-corrected chi connectivity index (χ1v) is 6.93. The van der Waals surface area contributed by atoms with E-state index in [1.54, 1.807) is 4.68 Å². The average Bonchev–Trinajstić information content (AvgIpc) is 2.77. The van der Waals surface area contributed by atoms with Crippen LogP contribution in [0.3, 0.4) is 0 Å². The summed E-state index contributed by atoms with van der Waals surface area (Å²) in [7, 11) is 0. The number of hydrogen-bond acceptors (Lipinski definition) is 3. The molecule has 0 radical (unpaired) electrons. The Bertz CT molecular complexity index is 603. The van der Waals surface area contributed by atoms with E-state index < -0.39 is 0 Å². The predicted octanol–water partition coefficient (Wildman–Crippen LogP) is 3.86. The molecule has 1 heterocycles. The van der Waals surface area contributed by atoms with Gasteiger partial charge in [0.15, 0.2) is 6.29 Å². The molecule has 0 spiro atoms. The number of halogens is 1. The summed E-state index contributed by atoms with van der Waals surface area (Å²) < 4.78 is 6.98. The molecule has 1 aromatic heterocycles. The lowest BCUT2D eigenvalue weighted by Crippen LogP contribution is -1.99. The zero-order valence-corrected chi connectivity index (χ0v) is 12.5. The van der Waals surface area contributed by atoms with Crippen molar-refractivity contribution in [2.75, 3.05) is 6.61 Å². The van der Waals surface area contributed by atoms with Gasteiger partial charge in [0.05, 0.1) is 23.6 Å². The summed E-state index contributed by atoms with van der Waals surface area (Å²) in [6.45, 7) is 6.51. The van der Waals surface area contributed by atoms with Crippen molar-refractivity contribution in [3.05, 3.63) is 40.7 Å². The van der Waals surface area contributed by atoms with Crippen molar-refractivity contribution in [1.82, 2.24) is 9.78 Å². The number of benzene rings is 1. The lowest BCUT2D eigenvalue weighted by atomic mass is 10.1. The fraction of sp³-hybridized carbons (Fsp3) is 0.333. The van der Waals surface area contributed by atoms with Crippen LogP contribution in [-0.2, 0) is 0 Å². The molecule has 0 N–H and O–H groups in total. The molecule has 0 aliphatic carbocycles. The van der Waals surface area contributed by atoms with Gasteiger partial charge in [-0.2, -0.15) is 5.10 Å². The van der Waals surface area contributed by atoms with E-state index in [4.69, 9.17) is 16.3 Å². The summed E-state index contributed by atoms with van der Waals surface area (Å²) in [6, 6.07) is 7.43. The molecule has 4 nitrogen and oxygen atoms in total. The molecule has 0 unspecified atom stereocenters. The van der Waals surface area contributed by atoms with Crippen molar-refractivity contribution in [2.45, 2.75) is 26.7 Å². The minimum absolute atomic E-state index is 0.136. The van der Waals surface area contributed by atoms with Crippen LogP contribution in [0, 0.1) is 0 Å². The smallest absolute Gasteiger partial charge is 0.155 e. The van der Waals surface area contributed by atoms with Gasteiger partial charge in [0.1, 0.15) is 10.9 Å². The maximum absolute atomic E-state index is 11.2. The van der Waals surface area contributed by atoms with Crippen molar-refractivity contribution >= 4 is 17.9 Å². The van der Waals surface area contributed by atoms with E-state index in [0.29, 0.717) is 23.0 Å². The highest BCUT2D eigenvalue weighted by molar-refractivity contribution is 6.32. The maximum Gasteiger partial charge on any atom is 0.155 e. The van der Waals surface area contributed by atoms with Gasteiger partial charge in [-0.05, 0) is 37.1 Å². The molecule has 1 aromatic carbocycles. The van der Waals surface area contributed by atoms with Gasteiger partial charge in [0, 0.05) is 0 Å². The third kappa shape index (κ3) is 2.70. The van der Waals surface area contributed by atoms with E-state index in [9.17, 15) is 4.79 Å².